The molecular formula is C15H26O2. The van der Waals surface area contributed by atoms with Crippen LogP contribution in [-0.4, -0.2) is 21.9 Å². The van der Waals surface area contributed by atoms with Crippen LogP contribution in [0.3, 0.4) is 0 Å². The zero-order chi connectivity index (χ0) is 13.1. The second-order valence-corrected chi connectivity index (χ2v) is 5.81. The van der Waals surface area contributed by atoms with Gasteiger partial charge in [0.05, 0.1) is 11.7 Å². The van der Waals surface area contributed by atoms with Crippen molar-refractivity contribution in [2.24, 2.45) is 5.92 Å². The maximum atomic E-state index is 10.5. The first kappa shape index (κ1) is 14.5. The Morgan fingerprint density at radius 3 is 2.71 bits per heavy atom. The summed E-state index contributed by atoms with van der Waals surface area (Å²) in [6.07, 6.45) is 7.09. The maximum Gasteiger partial charge on any atom is 0.0751 e. The molecular weight excluding hydrogens is 212 g/mol. The van der Waals surface area contributed by atoms with Crippen LogP contribution in [0.15, 0.2) is 23.3 Å². The van der Waals surface area contributed by atoms with E-state index in [4.69, 9.17) is 0 Å². The van der Waals surface area contributed by atoms with Gasteiger partial charge in [-0.05, 0) is 64.9 Å². The van der Waals surface area contributed by atoms with Gasteiger partial charge in [0.1, 0.15) is 0 Å². The van der Waals surface area contributed by atoms with E-state index in [1.807, 2.05) is 13.8 Å². The highest BCUT2D eigenvalue weighted by Gasteiger charge is 2.34. The van der Waals surface area contributed by atoms with Crippen LogP contribution >= 0.6 is 0 Å². The summed E-state index contributed by atoms with van der Waals surface area (Å²) in [6, 6.07) is 0. The van der Waals surface area contributed by atoms with Crippen molar-refractivity contribution in [3.8, 4) is 0 Å². The van der Waals surface area contributed by atoms with E-state index in [0.29, 0.717) is 6.42 Å². The maximum absolute atomic E-state index is 10.5. The van der Waals surface area contributed by atoms with Gasteiger partial charge in [-0.2, -0.15) is 0 Å². The third kappa shape index (κ3) is 4.29. The van der Waals surface area contributed by atoms with E-state index in [1.165, 1.54) is 5.57 Å². The average Bonchev–Trinajstić information content (AvgIpc) is 2.21. The van der Waals surface area contributed by atoms with Crippen LogP contribution in [0.2, 0.25) is 0 Å². The summed E-state index contributed by atoms with van der Waals surface area (Å²) in [4.78, 5) is 0. The number of allylic oxidation sites excluding steroid dienone is 3. The minimum Gasteiger partial charge on any atom is -0.390 e. The molecule has 0 aromatic heterocycles. The molecule has 0 amide bonds. The molecule has 0 saturated heterocycles. The largest absolute Gasteiger partial charge is 0.390 e. The highest BCUT2D eigenvalue weighted by molar-refractivity contribution is 5.11. The molecule has 2 heteroatoms. The molecule has 98 valence electrons. The van der Waals surface area contributed by atoms with Gasteiger partial charge in [0.25, 0.3) is 0 Å². The number of rotatable bonds is 4. The molecule has 3 atom stereocenters. The summed E-state index contributed by atoms with van der Waals surface area (Å²) in [5, 5.41) is 20.3. The molecule has 0 aliphatic heterocycles. The van der Waals surface area contributed by atoms with Crippen molar-refractivity contribution in [1.29, 1.82) is 0 Å². The summed E-state index contributed by atoms with van der Waals surface area (Å²) < 4.78 is 0. The normalized spacial score (nSPS) is 28.2. The molecule has 2 nitrogen and oxygen atoms in total. The number of aliphatic hydroxyl groups is 2. The minimum atomic E-state index is -0.676. The predicted octanol–water partition coefficient (Wildman–Crippen LogP) is 3.20. The summed E-state index contributed by atoms with van der Waals surface area (Å²) in [5.41, 5.74) is 1.66. The predicted molar refractivity (Wildman–Crippen MR) is 71.8 cm³/mol. The van der Waals surface area contributed by atoms with Crippen molar-refractivity contribution in [2.45, 2.75) is 65.1 Å². The molecule has 1 aliphatic carbocycles. The number of hydrogen-bond acceptors (Lipinski definition) is 2. The Kier molecular flexibility index (Phi) is 4.96. The van der Waals surface area contributed by atoms with E-state index in [9.17, 15) is 10.2 Å². The van der Waals surface area contributed by atoms with Crippen LogP contribution in [0.1, 0.15) is 53.4 Å². The number of hydrogen-bond donors (Lipinski definition) is 2. The highest BCUT2D eigenvalue weighted by atomic mass is 16.3. The van der Waals surface area contributed by atoms with Crippen LogP contribution in [0.4, 0.5) is 0 Å². The second kappa shape index (κ2) is 5.83. The molecule has 0 saturated carbocycles. The van der Waals surface area contributed by atoms with E-state index in [-0.39, 0.29) is 12.0 Å². The van der Waals surface area contributed by atoms with Gasteiger partial charge >= 0.3 is 0 Å². The van der Waals surface area contributed by atoms with Gasteiger partial charge in [-0.1, -0.05) is 17.7 Å². The Morgan fingerprint density at radius 1 is 1.53 bits per heavy atom. The zero-order valence-electron chi connectivity index (χ0n) is 11.5. The van der Waals surface area contributed by atoms with E-state index >= 15 is 0 Å². The molecule has 1 rings (SSSR count). The molecule has 2 N–H and O–H groups in total. The lowest BCUT2D eigenvalue weighted by atomic mass is 9.75. The minimum absolute atomic E-state index is 0.173. The third-order valence-electron chi connectivity index (χ3n) is 3.84. The number of aliphatic hydroxyl groups excluding tert-OH is 1. The monoisotopic (exact) mass is 238 g/mol. The Morgan fingerprint density at radius 2 is 2.18 bits per heavy atom. The molecule has 0 radical (unpaired) electrons. The fraction of sp³-hybridized carbons (Fsp3) is 0.733. The second-order valence-electron chi connectivity index (χ2n) is 5.81. The first-order chi connectivity index (χ1) is 7.83. The van der Waals surface area contributed by atoms with E-state index in [0.717, 1.165) is 24.8 Å². The molecule has 17 heavy (non-hydrogen) atoms. The van der Waals surface area contributed by atoms with Crippen LogP contribution in [-0.2, 0) is 0 Å². The SMILES string of the molecule is CC(C)=CCC[C@](C)(O)[C@@H]1CC=C(C)[C@@H](O)C1. The lowest BCUT2D eigenvalue weighted by molar-refractivity contribution is -0.0270. The van der Waals surface area contributed by atoms with Crippen molar-refractivity contribution < 1.29 is 10.2 Å². The quantitative estimate of drug-likeness (QED) is 0.738. The van der Waals surface area contributed by atoms with E-state index in [1.54, 1.807) is 0 Å². The van der Waals surface area contributed by atoms with Crippen molar-refractivity contribution in [2.75, 3.05) is 0 Å². The van der Waals surface area contributed by atoms with Crippen molar-refractivity contribution in [3.63, 3.8) is 0 Å². The molecule has 0 bridgehead atoms. The fourth-order valence-electron chi connectivity index (χ4n) is 2.38. The van der Waals surface area contributed by atoms with Crippen molar-refractivity contribution >= 4 is 0 Å². The lowest BCUT2D eigenvalue weighted by Crippen LogP contribution is -2.38. The van der Waals surface area contributed by atoms with E-state index < -0.39 is 5.60 Å². The Labute approximate surface area is 105 Å². The fourth-order valence-corrected chi connectivity index (χ4v) is 2.38. The molecule has 1 aliphatic rings. The van der Waals surface area contributed by atoms with Gasteiger partial charge in [0, 0.05) is 0 Å². The Hall–Kier alpha value is -0.600. The first-order valence-corrected chi connectivity index (χ1v) is 6.53. The van der Waals surface area contributed by atoms with Gasteiger partial charge in [0.2, 0.25) is 0 Å². The van der Waals surface area contributed by atoms with Crippen LogP contribution in [0.25, 0.3) is 0 Å². The average molecular weight is 238 g/mol. The van der Waals surface area contributed by atoms with Gasteiger partial charge in [0.15, 0.2) is 0 Å². The molecule has 0 heterocycles. The van der Waals surface area contributed by atoms with Gasteiger partial charge in [-0.3, -0.25) is 0 Å². The zero-order valence-corrected chi connectivity index (χ0v) is 11.5. The van der Waals surface area contributed by atoms with Gasteiger partial charge in [-0.25, -0.2) is 0 Å². The van der Waals surface area contributed by atoms with Crippen LogP contribution in [0.5, 0.6) is 0 Å². The molecule has 0 spiro atoms. The molecule has 0 unspecified atom stereocenters. The smallest absolute Gasteiger partial charge is 0.0751 e. The van der Waals surface area contributed by atoms with Crippen molar-refractivity contribution in [3.05, 3.63) is 23.3 Å². The summed E-state index contributed by atoms with van der Waals surface area (Å²) in [5.74, 6) is 0.173. The summed E-state index contributed by atoms with van der Waals surface area (Å²) in [6.45, 7) is 8.01. The topological polar surface area (TPSA) is 40.5 Å². The molecule has 0 fully saturated rings. The van der Waals surface area contributed by atoms with Crippen LogP contribution in [0, 0.1) is 5.92 Å². The Bertz CT molecular complexity index is 309. The van der Waals surface area contributed by atoms with Gasteiger partial charge < -0.3 is 10.2 Å². The van der Waals surface area contributed by atoms with Crippen molar-refractivity contribution in [1.82, 2.24) is 0 Å². The Balaban J connectivity index is 2.56. The molecule has 0 aromatic carbocycles. The summed E-state index contributed by atoms with van der Waals surface area (Å²) in [7, 11) is 0. The van der Waals surface area contributed by atoms with E-state index in [2.05, 4.69) is 26.0 Å². The summed E-state index contributed by atoms with van der Waals surface area (Å²) >= 11 is 0. The van der Waals surface area contributed by atoms with Gasteiger partial charge in [-0.15, -0.1) is 0 Å². The van der Waals surface area contributed by atoms with Crippen LogP contribution < -0.4 is 0 Å². The lowest BCUT2D eigenvalue weighted by Gasteiger charge is -2.36. The third-order valence-corrected chi connectivity index (χ3v) is 3.84. The molecule has 0 aromatic rings. The standard InChI is InChI=1S/C15H26O2/c1-11(2)6-5-9-15(4,17)13-8-7-12(3)14(16)10-13/h6-7,13-14,16-17H,5,8-10H2,1-4H3/t13-,14+,15+/m1/s1. The first-order valence-electron chi connectivity index (χ1n) is 6.53. The highest BCUT2D eigenvalue weighted by Crippen LogP contribution is 2.34.